The molecule has 0 heterocycles. The molecule has 0 saturated heterocycles. The average Bonchev–Trinajstić information content (AvgIpc) is 2.36. The van der Waals surface area contributed by atoms with Crippen molar-refractivity contribution in [2.45, 2.75) is 65.1 Å². The van der Waals surface area contributed by atoms with Gasteiger partial charge in [-0.1, -0.05) is 30.3 Å². The molecule has 0 saturated carbocycles. The number of amides is 1. The van der Waals surface area contributed by atoms with Crippen molar-refractivity contribution in [3.05, 3.63) is 35.9 Å². The van der Waals surface area contributed by atoms with Crippen LogP contribution in [-0.4, -0.2) is 23.5 Å². The van der Waals surface area contributed by atoms with Crippen molar-refractivity contribution < 1.29 is 4.79 Å². The highest BCUT2D eigenvalue weighted by Gasteiger charge is 2.23. The number of hydrogen-bond acceptors (Lipinski definition) is 2. The zero-order chi connectivity index (χ0) is 15.2. The van der Waals surface area contributed by atoms with Crippen LogP contribution >= 0.6 is 0 Å². The van der Waals surface area contributed by atoms with E-state index in [1.54, 1.807) is 0 Å². The minimum atomic E-state index is -0.178. The van der Waals surface area contributed by atoms with E-state index in [9.17, 15) is 4.79 Å². The second-order valence-electron chi connectivity index (χ2n) is 6.40. The Morgan fingerprint density at radius 3 is 2.30 bits per heavy atom. The second-order valence-corrected chi connectivity index (χ2v) is 6.40. The first kappa shape index (κ1) is 16.7. The van der Waals surface area contributed by atoms with Crippen LogP contribution in [0.25, 0.3) is 0 Å². The number of carbonyl (C=O) groups is 1. The quantitative estimate of drug-likeness (QED) is 0.804. The molecule has 112 valence electrons. The Kier molecular flexibility index (Phi) is 6.21. The molecule has 1 rings (SSSR count). The highest BCUT2D eigenvalue weighted by molar-refractivity contribution is 5.81. The third kappa shape index (κ3) is 6.20. The first-order valence-corrected chi connectivity index (χ1v) is 7.42. The van der Waals surface area contributed by atoms with Gasteiger partial charge in [-0.15, -0.1) is 0 Å². The third-order valence-corrected chi connectivity index (χ3v) is 3.31. The largest absolute Gasteiger partial charge is 0.353 e. The highest BCUT2D eigenvalue weighted by Crippen LogP contribution is 2.14. The lowest BCUT2D eigenvalue weighted by Gasteiger charge is -2.30. The van der Waals surface area contributed by atoms with Crippen LogP contribution in [0, 0.1) is 0 Å². The molecule has 0 fully saturated rings. The van der Waals surface area contributed by atoms with Gasteiger partial charge in [-0.2, -0.15) is 0 Å². The first-order valence-electron chi connectivity index (χ1n) is 7.42. The fourth-order valence-electron chi connectivity index (χ4n) is 2.23. The van der Waals surface area contributed by atoms with E-state index in [1.807, 2.05) is 26.8 Å². The van der Waals surface area contributed by atoms with Gasteiger partial charge in [0.2, 0.25) is 5.91 Å². The summed E-state index contributed by atoms with van der Waals surface area (Å²) in [4.78, 5) is 11.9. The summed E-state index contributed by atoms with van der Waals surface area (Å²) in [5, 5.41) is 6.36. The molecule has 1 aromatic rings. The fourth-order valence-corrected chi connectivity index (χ4v) is 2.23. The standard InChI is InChI=1S/C17H28N2O/c1-13(2)18-16(20)14(3)19-17(4,5)12-11-15-9-7-6-8-10-15/h6-10,13-14,19H,11-12H2,1-5H3,(H,18,20). The van der Waals surface area contributed by atoms with Crippen molar-refractivity contribution >= 4 is 5.91 Å². The summed E-state index contributed by atoms with van der Waals surface area (Å²) < 4.78 is 0. The second kappa shape index (κ2) is 7.44. The topological polar surface area (TPSA) is 41.1 Å². The summed E-state index contributed by atoms with van der Waals surface area (Å²) in [5.74, 6) is 0.0628. The summed E-state index contributed by atoms with van der Waals surface area (Å²) in [6.07, 6.45) is 2.01. The van der Waals surface area contributed by atoms with Gasteiger partial charge in [0, 0.05) is 11.6 Å². The molecule has 0 aliphatic carbocycles. The van der Waals surface area contributed by atoms with E-state index in [-0.39, 0.29) is 23.5 Å². The Labute approximate surface area is 123 Å². The van der Waals surface area contributed by atoms with Gasteiger partial charge in [-0.05, 0) is 53.0 Å². The van der Waals surface area contributed by atoms with E-state index in [1.165, 1.54) is 5.56 Å². The van der Waals surface area contributed by atoms with E-state index in [2.05, 4.69) is 48.7 Å². The molecule has 1 amide bonds. The summed E-state index contributed by atoms with van der Waals surface area (Å²) in [6, 6.07) is 10.5. The van der Waals surface area contributed by atoms with Crippen molar-refractivity contribution in [3.63, 3.8) is 0 Å². The number of rotatable bonds is 7. The smallest absolute Gasteiger partial charge is 0.237 e. The molecule has 0 aliphatic rings. The molecule has 1 atom stereocenters. The number of benzene rings is 1. The molecule has 0 aliphatic heterocycles. The number of aryl methyl sites for hydroxylation is 1. The zero-order valence-electron chi connectivity index (χ0n) is 13.4. The molecule has 0 aromatic heterocycles. The SMILES string of the molecule is CC(C)NC(=O)C(C)NC(C)(C)CCc1ccccc1. The summed E-state index contributed by atoms with van der Waals surface area (Å²) in [6.45, 7) is 10.2. The van der Waals surface area contributed by atoms with Crippen LogP contribution in [0.15, 0.2) is 30.3 Å². The van der Waals surface area contributed by atoms with Gasteiger partial charge in [0.25, 0.3) is 0 Å². The van der Waals surface area contributed by atoms with Crippen LogP contribution in [0.1, 0.15) is 46.6 Å². The predicted octanol–water partition coefficient (Wildman–Crippen LogP) is 2.90. The molecular weight excluding hydrogens is 248 g/mol. The molecule has 2 N–H and O–H groups in total. The molecule has 0 bridgehead atoms. The van der Waals surface area contributed by atoms with Gasteiger partial charge in [0.15, 0.2) is 0 Å². The Morgan fingerprint density at radius 1 is 1.15 bits per heavy atom. The van der Waals surface area contributed by atoms with E-state index >= 15 is 0 Å². The average molecular weight is 276 g/mol. The van der Waals surface area contributed by atoms with Gasteiger partial charge in [0.05, 0.1) is 6.04 Å². The molecule has 0 spiro atoms. The van der Waals surface area contributed by atoms with Gasteiger partial charge < -0.3 is 10.6 Å². The van der Waals surface area contributed by atoms with E-state index in [0.29, 0.717) is 0 Å². The Morgan fingerprint density at radius 2 is 1.75 bits per heavy atom. The van der Waals surface area contributed by atoms with Crippen molar-refractivity contribution in [1.82, 2.24) is 10.6 Å². The maximum absolute atomic E-state index is 11.9. The lowest BCUT2D eigenvalue weighted by atomic mass is 9.94. The van der Waals surface area contributed by atoms with Gasteiger partial charge in [-0.25, -0.2) is 0 Å². The fraction of sp³-hybridized carbons (Fsp3) is 0.588. The molecule has 1 aromatic carbocycles. The van der Waals surface area contributed by atoms with Crippen LogP contribution in [0.3, 0.4) is 0 Å². The third-order valence-electron chi connectivity index (χ3n) is 3.31. The Bertz CT molecular complexity index is 412. The Hall–Kier alpha value is -1.35. The minimum Gasteiger partial charge on any atom is -0.353 e. The van der Waals surface area contributed by atoms with Crippen molar-refractivity contribution in [1.29, 1.82) is 0 Å². The van der Waals surface area contributed by atoms with E-state index in [4.69, 9.17) is 0 Å². The molecular formula is C17H28N2O. The molecule has 0 radical (unpaired) electrons. The maximum Gasteiger partial charge on any atom is 0.237 e. The van der Waals surface area contributed by atoms with Crippen LogP contribution in [-0.2, 0) is 11.2 Å². The van der Waals surface area contributed by atoms with Gasteiger partial charge in [0.1, 0.15) is 0 Å². The highest BCUT2D eigenvalue weighted by atomic mass is 16.2. The summed E-state index contributed by atoms with van der Waals surface area (Å²) in [5.41, 5.74) is 1.27. The molecule has 3 nitrogen and oxygen atoms in total. The van der Waals surface area contributed by atoms with E-state index < -0.39 is 0 Å². The van der Waals surface area contributed by atoms with Gasteiger partial charge >= 0.3 is 0 Å². The predicted molar refractivity (Wildman–Crippen MR) is 84.7 cm³/mol. The normalized spacial score (nSPS) is 13.3. The monoisotopic (exact) mass is 276 g/mol. The number of nitrogens with one attached hydrogen (secondary N) is 2. The number of hydrogen-bond donors (Lipinski definition) is 2. The van der Waals surface area contributed by atoms with Crippen molar-refractivity contribution in [2.24, 2.45) is 0 Å². The lowest BCUT2D eigenvalue weighted by Crippen LogP contribution is -2.52. The van der Waals surface area contributed by atoms with Crippen molar-refractivity contribution in [3.8, 4) is 0 Å². The summed E-state index contributed by atoms with van der Waals surface area (Å²) >= 11 is 0. The van der Waals surface area contributed by atoms with Crippen LogP contribution < -0.4 is 10.6 Å². The van der Waals surface area contributed by atoms with Crippen LogP contribution in [0.4, 0.5) is 0 Å². The first-order chi connectivity index (χ1) is 9.30. The molecule has 1 unspecified atom stereocenters. The van der Waals surface area contributed by atoms with E-state index in [0.717, 1.165) is 12.8 Å². The summed E-state index contributed by atoms with van der Waals surface area (Å²) in [7, 11) is 0. The molecule has 3 heteroatoms. The minimum absolute atomic E-state index is 0.0628. The zero-order valence-corrected chi connectivity index (χ0v) is 13.4. The lowest BCUT2D eigenvalue weighted by molar-refractivity contribution is -0.123. The van der Waals surface area contributed by atoms with Crippen LogP contribution in [0.2, 0.25) is 0 Å². The maximum atomic E-state index is 11.9. The Balaban J connectivity index is 2.46. The number of carbonyl (C=O) groups excluding carboxylic acids is 1. The van der Waals surface area contributed by atoms with Crippen molar-refractivity contribution in [2.75, 3.05) is 0 Å². The van der Waals surface area contributed by atoms with Gasteiger partial charge in [-0.3, -0.25) is 4.79 Å². The molecule has 20 heavy (non-hydrogen) atoms. The van der Waals surface area contributed by atoms with Crippen LogP contribution in [0.5, 0.6) is 0 Å².